The summed E-state index contributed by atoms with van der Waals surface area (Å²) in [6.45, 7) is 7.48. The number of hydrogen-bond donors (Lipinski definition) is 3. The summed E-state index contributed by atoms with van der Waals surface area (Å²) in [6.07, 6.45) is 4.28. The number of nitrogens with zero attached hydrogens (tertiary/aromatic N) is 4. The molecule has 5 atom stereocenters. The monoisotopic (exact) mass is 725 g/mol. The van der Waals surface area contributed by atoms with Crippen LogP contribution in [0.2, 0.25) is 0 Å². The van der Waals surface area contributed by atoms with Crippen LogP contribution in [0.15, 0.2) is 30.9 Å². The van der Waals surface area contributed by atoms with Crippen LogP contribution in [0.1, 0.15) is 64.4 Å². The van der Waals surface area contributed by atoms with Crippen molar-refractivity contribution in [2.75, 3.05) is 32.1 Å². The van der Waals surface area contributed by atoms with Gasteiger partial charge in [-0.05, 0) is 68.6 Å². The average Bonchev–Trinajstić information content (AvgIpc) is 4.01. The Kier molecular flexibility index (Phi) is 10.2. The van der Waals surface area contributed by atoms with Crippen molar-refractivity contribution in [2.24, 2.45) is 11.8 Å². The minimum absolute atomic E-state index is 0.0283. The van der Waals surface area contributed by atoms with E-state index >= 15 is 0 Å². The first-order valence-corrected chi connectivity index (χ1v) is 19.2. The first kappa shape index (κ1) is 36.3. The van der Waals surface area contributed by atoms with Gasteiger partial charge in [-0.25, -0.2) is 18.2 Å². The van der Waals surface area contributed by atoms with Crippen molar-refractivity contribution in [1.82, 2.24) is 30.2 Å². The summed E-state index contributed by atoms with van der Waals surface area (Å²) < 4.78 is 39.5. The van der Waals surface area contributed by atoms with Gasteiger partial charge in [-0.15, -0.1) is 6.58 Å². The first-order chi connectivity index (χ1) is 24.2. The lowest BCUT2D eigenvalue weighted by atomic mass is 10.0. The third-order valence-electron chi connectivity index (χ3n) is 10.0. The molecule has 1 aromatic carbocycles. The van der Waals surface area contributed by atoms with E-state index in [-0.39, 0.29) is 31.9 Å². The molecule has 2 aliphatic heterocycles. The Morgan fingerprint density at radius 2 is 1.92 bits per heavy atom. The van der Waals surface area contributed by atoms with E-state index in [0.717, 1.165) is 24.8 Å². The number of sulfonamides is 1. The summed E-state index contributed by atoms with van der Waals surface area (Å²) in [6, 6.07) is 3.77. The van der Waals surface area contributed by atoms with E-state index in [1.807, 2.05) is 32.3 Å². The Labute approximate surface area is 297 Å². The zero-order valence-corrected chi connectivity index (χ0v) is 30.3. The molecule has 15 nitrogen and oxygen atoms in total. The fraction of sp³-hybridized carbons (Fsp3) is 0.600. The minimum Gasteiger partial charge on any atom is -0.472 e. The number of nitrogens with one attached hydrogen (secondary N) is 3. The van der Waals surface area contributed by atoms with Gasteiger partial charge in [-0.3, -0.25) is 19.1 Å². The molecule has 4 aliphatic rings. The van der Waals surface area contributed by atoms with Crippen molar-refractivity contribution in [3.63, 3.8) is 0 Å². The molecule has 3 heterocycles. The van der Waals surface area contributed by atoms with Gasteiger partial charge in [-0.1, -0.05) is 26.0 Å². The molecule has 6 rings (SSSR count). The minimum atomic E-state index is -3.89. The van der Waals surface area contributed by atoms with Crippen molar-refractivity contribution >= 4 is 50.7 Å². The smallest absolute Gasteiger partial charge is 0.407 e. The number of ether oxygens (including phenoxy) is 2. The van der Waals surface area contributed by atoms with Crippen molar-refractivity contribution in [3.05, 3.63) is 36.4 Å². The largest absolute Gasteiger partial charge is 0.472 e. The van der Waals surface area contributed by atoms with E-state index in [0.29, 0.717) is 42.0 Å². The quantitative estimate of drug-likeness (QED) is 0.339. The average molecular weight is 726 g/mol. The van der Waals surface area contributed by atoms with Gasteiger partial charge < -0.3 is 29.9 Å². The summed E-state index contributed by atoms with van der Waals surface area (Å²) in [7, 11) is -0.250. The lowest BCUT2D eigenvalue weighted by Crippen LogP contribution is -2.59. The van der Waals surface area contributed by atoms with E-state index in [4.69, 9.17) is 19.4 Å². The number of aromatic nitrogens is 2. The number of rotatable bonds is 8. The number of aryl methyl sites for hydroxylation is 1. The van der Waals surface area contributed by atoms with Crippen molar-refractivity contribution in [3.8, 4) is 5.88 Å². The maximum atomic E-state index is 14.3. The Morgan fingerprint density at radius 3 is 2.59 bits per heavy atom. The van der Waals surface area contributed by atoms with Crippen LogP contribution in [0.25, 0.3) is 10.9 Å². The Morgan fingerprint density at radius 1 is 1.16 bits per heavy atom. The summed E-state index contributed by atoms with van der Waals surface area (Å²) in [5.74, 6) is -2.17. The zero-order valence-electron chi connectivity index (χ0n) is 29.5. The number of benzene rings is 1. The highest BCUT2D eigenvalue weighted by Crippen LogP contribution is 2.45. The van der Waals surface area contributed by atoms with Gasteiger partial charge in [0.1, 0.15) is 23.7 Å². The molecule has 2 aliphatic carbocycles. The van der Waals surface area contributed by atoms with Gasteiger partial charge >= 0.3 is 6.09 Å². The van der Waals surface area contributed by atoms with Gasteiger partial charge in [0.2, 0.25) is 33.7 Å². The maximum Gasteiger partial charge on any atom is 0.407 e. The van der Waals surface area contributed by atoms with Gasteiger partial charge in [0.05, 0.1) is 29.3 Å². The maximum absolute atomic E-state index is 14.3. The number of alkyl carbamates (subject to hydrolysis) is 1. The van der Waals surface area contributed by atoms with Gasteiger partial charge in [0, 0.05) is 26.4 Å². The van der Waals surface area contributed by atoms with Crippen LogP contribution in [-0.2, 0) is 35.6 Å². The van der Waals surface area contributed by atoms with Crippen LogP contribution in [0.4, 0.5) is 10.7 Å². The van der Waals surface area contributed by atoms with Crippen LogP contribution in [0.3, 0.4) is 0 Å². The number of carbonyl (C=O) groups is 4. The topological polar surface area (TPSA) is 189 Å². The lowest BCUT2D eigenvalue weighted by molar-refractivity contribution is -0.141. The second-order valence-corrected chi connectivity index (χ2v) is 16.5. The molecule has 0 spiro atoms. The lowest BCUT2D eigenvalue weighted by Gasteiger charge is -2.31. The molecule has 51 heavy (non-hydrogen) atoms. The molecule has 3 N–H and O–H groups in total. The number of carbonyl (C=O) groups excluding carboxylic acids is 4. The molecule has 4 amide bonds. The Bertz CT molecular complexity index is 1830. The van der Waals surface area contributed by atoms with Crippen molar-refractivity contribution in [1.29, 1.82) is 0 Å². The summed E-state index contributed by atoms with van der Waals surface area (Å²) >= 11 is 0. The van der Waals surface area contributed by atoms with Crippen LogP contribution in [-0.4, -0.2) is 103 Å². The predicted molar refractivity (Wildman–Crippen MR) is 188 cm³/mol. The van der Waals surface area contributed by atoms with Crippen molar-refractivity contribution < 1.29 is 37.1 Å². The van der Waals surface area contributed by atoms with E-state index in [1.54, 1.807) is 18.7 Å². The number of amides is 4. The van der Waals surface area contributed by atoms with E-state index in [1.165, 1.54) is 11.0 Å². The summed E-state index contributed by atoms with van der Waals surface area (Å²) in [4.78, 5) is 67.3. The van der Waals surface area contributed by atoms with Gasteiger partial charge in [0.25, 0.3) is 5.91 Å². The molecular weight excluding hydrogens is 678 g/mol. The van der Waals surface area contributed by atoms with E-state index < -0.39 is 68.7 Å². The molecule has 3 fully saturated rings. The second kappa shape index (κ2) is 14.3. The highest BCUT2D eigenvalue weighted by Gasteiger charge is 2.62. The molecule has 0 unspecified atom stereocenters. The molecule has 2 aromatic rings. The predicted octanol–water partition coefficient (Wildman–Crippen LogP) is 2.19. The van der Waals surface area contributed by atoms with E-state index in [9.17, 15) is 27.6 Å². The summed E-state index contributed by atoms with van der Waals surface area (Å²) in [5, 5.41) is 5.55. The normalized spacial score (nSPS) is 27.1. The highest BCUT2D eigenvalue weighted by atomic mass is 32.2. The second-order valence-electron chi connectivity index (χ2n) is 14.6. The first-order valence-electron chi connectivity index (χ1n) is 17.6. The number of fused-ring (bicyclic) bond motifs is 3. The van der Waals surface area contributed by atoms with Crippen molar-refractivity contribution in [2.45, 2.75) is 94.2 Å². The number of anilines is 1. The van der Waals surface area contributed by atoms with Crippen LogP contribution in [0.5, 0.6) is 5.88 Å². The van der Waals surface area contributed by atoms with E-state index in [2.05, 4.69) is 21.9 Å². The molecule has 4 bridgehead atoms. The van der Waals surface area contributed by atoms with Crippen LogP contribution in [0, 0.1) is 11.8 Å². The van der Waals surface area contributed by atoms with Gasteiger partial charge in [-0.2, -0.15) is 4.98 Å². The Hall–Kier alpha value is -4.47. The van der Waals surface area contributed by atoms with Crippen LogP contribution >= 0.6 is 0 Å². The third kappa shape index (κ3) is 7.75. The molecule has 2 saturated carbocycles. The standard InChI is InChI=1S/C35H47N7O8S/c1-6-22-18-35(22,32(45)40-51(47,48)24-12-13-24)39-29(43)27-17-23-19-42(27)31(44)28(20(2)3)37-34(46)49-15-9-7-8-10-21-11-14-26-25(16-21)30(50-23)38-33(36-26)41(4)5/h6,11,14,16,20,22-24,27-28H,1,7-10,12-13,15,17-19H2,2-5H3,(H,37,46)(H,39,43)(H,40,45)/t22-,23-,27+,28+,35-/m1/s1. The summed E-state index contributed by atoms with van der Waals surface area (Å²) in [5.41, 5.74) is 0.193. The number of cyclic esters (lactones) is 1. The third-order valence-corrected chi connectivity index (χ3v) is 11.9. The fourth-order valence-electron chi connectivity index (χ4n) is 6.77. The molecular formula is C35H47N7O8S. The molecule has 276 valence electrons. The molecule has 0 radical (unpaired) electrons. The number of hydrogen-bond acceptors (Lipinski definition) is 11. The highest BCUT2D eigenvalue weighted by molar-refractivity contribution is 7.91. The molecule has 16 heteroatoms. The molecule has 1 saturated heterocycles. The SMILES string of the molecule is C=C[C@@H]1C[C@]1(NC(=O)[C@@H]1C[C@@H]2CN1C(=O)[C@H](C(C)C)NC(=O)OCCCCCc1ccc3nc(N(C)C)nc(c3c1)O2)C(=O)NS(=O)(=O)C1CC1. The molecule has 1 aromatic heterocycles. The fourth-order valence-corrected chi connectivity index (χ4v) is 8.13. The Balaban J connectivity index is 1.34. The zero-order chi connectivity index (χ0) is 36.7. The van der Waals surface area contributed by atoms with Gasteiger partial charge in [0.15, 0.2) is 0 Å². The van der Waals surface area contributed by atoms with Crippen LogP contribution < -0.4 is 25.0 Å².